The fourth-order valence-electron chi connectivity index (χ4n) is 2.17. The smallest absolute Gasteiger partial charge is 0.269 e. The van der Waals surface area contributed by atoms with E-state index in [2.05, 4.69) is 16.2 Å². The average molecular weight is 389 g/mol. The predicted molar refractivity (Wildman–Crippen MR) is 105 cm³/mol. The van der Waals surface area contributed by atoms with Crippen LogP contribution in [-0.4, -0.2) is 37.9 Å². The second-order valence-corrected chi connectivity index (χ2v) is 6.53. The molecule has 0 fully saturated rings. The van der Waals surface area contributed by atoms with Crippen molar-refractivity contribution >= 4 is 35.0 Å². The van der Waals surface area contributed by atoms with Crippen molar-refractivity contribution in [1.29, 1.82) is 0 Å². The fourth-order valence-corrected chi connectivity index (χ4v) is 2.30. The molecule has 1 unspecified atom stereocenters. The average Bonchev–Trinajstić information content (AvgIpc) is 2.66. The standard InChI is InChI=1S/C19H21ClN4O3/c1-12(21-18(26)13-7-9-15(20)10-8-13)17(25)22-23-19(27)14-5-4-6-16(11-14)24(2)3/h4-12H,1-3H3,(H,21,26)(H,22,25)(H,23,27). The van der Waals surface area contributed by atoms with E-state index in [-0.39, 0.29) is 0 Å². The first-order valence-electron chi connectivity index (χ1n) is 8.22. The minimum absolute atomic E-state index is 0.378. The Hall–Kier alpha value is -3.06. The third-order valence-electron chi connectivity index (χ3n) is 3.77. The zero-order chi connectivity index (χ0) is 20.0. The molecule has 0 aliphatic heterocycles. The van der Waals surface area contributed by atoms with Gasteiger partial charge in [0.1, 0.15) is 6.04 Å². The number of hydrogen-bond acceptors (Lipinski definition) is 4. The van der Waals surface area contributed by atoms with E-state index in [1.807, 2.05) is 25.1 Å². The molecule has 0 spiro atoms. The summed E-state index contributed by atoms with van der Waals surface area (Å²) in [4.78, 5) is 38.3. The van der Waals surface area contributed by atoms with Crippen molar-refractivity contribution in [3.05, 3.63) is 64.7 Å². The normalized spacial score (nSPS) is 11.3. The van der Waals surface area contributed by atoms with Gasteiger partial charge in [-0.3, -0.25) is 25.2 Å². The van der Waals surface area contributed by atoms with Gasteiger partial charge in [-0.05, 0) is 49.4 Å². The quantitative estimate of drug-likeness (QED) is 0.683. The number of anilines is 1. The highest BCUT2D eigenvalue weighted by Crippen LogP contribution is 2.13. The Labute approximate surface area is 162 Å². The van der Waals surface area contributed by atoms with Gasteiger partial charge in [0.15, 0.2) is 0 Å². The van der Waals surface area contributed by atoms with Crippen LogP contribution in [0.4, 0.5) is 5.69 Å². The van der Waals surface area contributed by atoms with E-state index >= 15 is 0 Å². The van der Waals surface area contributed by atoms with Crippen LogP contribution in [0.2, 0.25) is 5.02 Å². The van der Waals surface area contributed by atoms with E-state index < -0.39 is 23.8 Å². The van der Waals surface area contributed by atoms with Gasteiger partial charge in [-0.25, -0.2) is 0 Å². The number of hydrogen-bond donors (Lipinski definition) is 3. The van der Waals surface area contributed by atoms with Crippen LogP contribution in [-0.2, 0) is 4.79 Å². The number of carbonyl (C=O) groups excluding carboxylic acids is 3. The number of carbonyl (C=O) groups is 3. The lowest BCUT2D eigenvalue weighted by Crippen LogP contribution is -2.51. The van der Waals surface area contributed by atoms with E-state index in [0.717, 1.165) is 5.69 Å². The lowest BCUT2D eigenvalue weighted by molar-refractivity contribution is -0.123. The summed E-state index contributed by atoms with van der Waals surface area (Å²) in [6.07, 6.45) is 0. The van der Waals surface area contributed by atoms with Crippen LogP contribution in [0.1, 0.15) is 27.6 Å². The minimum atomic E-state index is -0.846. The minimum Gasteiger partial charge on any atom is -0.378 e. The van der Waals surface area contributed by atoms with Crippen LogP contribution < -0.4 is 21.1 Å². The van der Waals surface area contributed by atoms with E-state index in [9.17, 15) is 14.4 Å². The van der Waals surface area contributed by atoms with E-state index in [1.165, 1.54) is 6.92 Å². The fraction of sp³-hybridized carbons (Fsp3) is 0.211. The molecule has 0 aliphatic rings. The van der Waals surface area contributed by atoms with Crippen LogP contribution >= 0.6 is 11.6 Å². The van der Waals surface area contributed by atoms with Gasteiger partial charge < -0.3 is 10.2 Å². The van der Waals surface area contributed by atoms with E-state index in [0.29, 0.717) is 16.1 Å². The summed E-state index contributed by atoms with van der Waals surface area (Å²) in [7, 11) is 3.73. The second kappa shape index (κ2) is 9.05. The molecule has 2 rings (SSSR count). The van der Waals surface area contributed by atoms with Gasteiger partial charge in [0.25, 0.3) is 17.7 Å². The summed E-state index contributed by atoms with van der Waals surface area (Å²) >= 11 is 5.78. The molecule has 0 saturated carbocycles. The number of rotatable bonds is 5. The highest BCUT2D eigenvalue weighted by molar-refractivity contribution is 6.30. The molecule has 142 valence electrons. The van der Waals surface area contributed by atoms with E-state index in [4.69, 9.17) is 11.6 Å². The van der Waals surface area contributed by atoms with Crippen molar-refractivity contribution in [2.75, 3.05) is 19.0 Å². The van der Waals surface area contributed by atoms with Crippen LogP contribution in [0.25, 0.3) is 0 Å². The summed E-state index contributed by atoms with van der Waals surface area (Å²) in [5.41, 5.74) is 6.29. The van der Waals surface area contributed by atoms with Gasteiger partial charge >= 0.3 is 0 Å². The largest absolute Gasteiger partial charge is 0.378 e. The van der Waals surface area contributed by atoms with Crippen LogP contribution in [0, 0.1) is 0 Å². The molecule has 2 aromatic carbocycles. The zero-order valence-corrected chi connectivity index (χ0v) is 16.0. The molecule has 27 heavy (non-hydrogen) atoms. The van der Waals surface area contributed by atoms with Gasteiger partial charge in [-0.1, -0.05) is 17.7 Å². The number of hydrazine groups is 1. The first-order chi connectivity index (χ1) is 12.8. The third-order valence-corrected chi connectivity index (χ3v) is 4.02. The van der Waals surface area contributed by atoms with Gasteiger partial charge in [0.05, 0.1) is 0 Å². The van der Waals surface area contributed by atoms with Gasteiger partial charge in [-0.15, -0.1) is 0 Å². The molecular formula is C19H21ClN4O3. The van der Waals surface area contributed by atoms with Crippen LogP contribution in [0.5, 0.6) is 0 Å². The maximum absolute atomic E-state index is 12.2. The van der Waals surface area contributed by atoms with Gasteiger partial charge in [0.2, 0.25) is 0 Å². The first-order valence-corrected chi connectivity index (χ1v) is 8.59. The monoisotopic (exact) mass is 388 g/mol. The Balaban J connectivity index is 1.89. The zero-order valence-electron chi connectivity index (χ0n) is 15.2. The topological polar surface area (TPSA) is 90.5 Å². The summed E-state index contributed by atoms with van der Waals surface area (Å²) in [5.74, 6) is -1.42. The number of benzene rings is 2. The molecule has 0 bridgehead atoms. The van der Waals surface area contributed by atoms with Gasteiger partial charge in [-0.2, -0.15) is 0 Å². The number of nitrogens with zero attached hydrogens (tertiary/aromatic N) is 1. The van der Waals surface area contributed by atoms with Crippen LogP contribution in [0.3, 0.4) is 0 Å². The molecule has 8 heteroatoms. The Morgan fingerprint density at radius 2 is 1.59 bits per heavy atom. The maximum Gasteiger partial charge on any atom is 0.269 e. The molecule has 0 saturated heterocycles. The number of nitrogens with one attached hydrogen (secondary N) is 3. The Bertz CT molecular complexity index is 837. The van der Waals surface area contributed by atoms with E-state index in [1.54, 1.807) is 42.5 Å². The Morgan fingerprint density at radius 1 is 0.926 bits per heavy atom. The lowest BCUT2D eigenvalue weighted by Gasteiger charge is -2.16. The van der Waals surface area contributed by atoms with Crippen molar-refractivity contribution in [3.8, 4) is 0 Å². The molecule has 2 aromatic rings. The summed E-state index contributed by atoms with van der Waals surface area (Å²) in [6, 6.07) is 12.4. The number of amides is 3. The van der Waals surface area contributed by atoms with Crippen molar-refractivity contribution in [2.45, 2.75) is 13.0 Å². The Morgan fingerprint density at radius 3 is 2.22 bits per heavy atom. The summed E-state index contributed by atoms with van der Waals surface area (Å²) in [6.45, 7) is 1.52. The highest BCUT2D eigenvalue weighted by Gasteiger charge is 2.17. The Kier molecular flexibility index (Phi) is 6.79. The molecular weight excluding hydrogens is 368 g/mol. The molecule has 0 heterocycles. The molecule has 7 nitrogen and oxygen atoms in total. The van der Waals surface area contributed by atoms with Gasteiger partial charge in [0, 0.05) is 35.9 Å². The summed E-state index contributed by atoms with van der Waals surface area (Å²) < 4.78 is 0. The first kappa shape index (κ1) is 20.3. The SMILES string of the molecule is CC(NC(=O)c1ccc(Cl)cc1)C(=O)NNC(=O)c1cccc(N(C)C)c1. The predicted octanol–water partition coefficient (Wildman–Crippen LogP) is 1.99. The van der Waals surface area contributed by atoms with Crippen molar-refractivity contribution in [1.82, 2.24) is 16.2 Å². The van der Waals surface area contributed by atoms with Crippen molar-refractivity contribution in [3.63, 3.8) is 0 Å². The van der Waals surface area contributed by atoms with Crippen molar-refractivity contribution < 1.29 is 14.4 Å². The molecule has 0 aromatic heterocycles. The molecule has 3 N–H and O–H groups in total. The van der Waals surface area contributed by atoms with Crippen molar-refractivity contribution in [2.24, 2.45) is 0 Å². The second-order valence-electron chi connectivity index (χ2n) is 6.09. The maximum atomic E-state index is 12.2. The molecule has 3 amide bonds. The third kappa shape index (κ3) is 5.72. The summed E-state index contributed by atoms with van der Waals surface area (Å²) in [5, 5.41) is 3.06. The lowest BCUT2D eigenvalue weighted by atomic mass is 10.2. The molecule has 1 atom stereocenters. The molecule has 0 radical (unpaired) electrons. The number of halogens is 1. The van der Waals surface area contributed by atoms with Crippen LogP contribution in [0.15, 0.2) is 48.5 Å². The highest BCUT2D eigenvalue weighted by atomic mass is 35.5. The molecule has 0 aliphatic carbocycles.